The van der Waals surface area contributed by atoms with Crippen LogP contribution in [0.2, 0.25) is 0 Å². The van der Waals surface area contributed by atoms with Gasteiger partial charge < -0.3 is 15.5 Å². The normalized spacial score (nSPS) is 13.7. The van der Waals surface area contributed by atoms with Crippen molar-refractivity contribution in [2.24, 2.45) is 10.9 Å². The van der Waals surface area contributed by atoms with Crippen LogP contribution in [0.1, 0.15) is 37.6 Å². The number of thiophene rings is 1. The monoisotopic (exact) mass is 324 g/mol. The molecule has 0 aromatic carbocycles. The Labute approximate surface area is 140 Å². The van der Waals surface area contributed by atoms with Crippen molar-refractivity contribution in [1.29, 1.82) is 0 Å². The number of hydrogen-bond acceptors (Lipinski definition) is 3. The van der Waals surface area contributed by atoms with Crippen molar-refractivity contribution in [2.45, 2.75) is 46.7 Å². The molecule has 0 bridgehead atoms. The Morgan fingerprint density at radius 1 is 1.32 bits per heavy atom. The minimum atomic E-state index is 0.521. The predicted octanol–water partition coefficient (Wildman–Crippen LogP) is 3.09. The summed E-state index contributed by atoms with van der Waals surface area (Å²) in [5.74, 6) is 1.60. The van der Waals surface area contributed by atoms with E-state index in [9.17, 15) is 0 Å². The van der Waals surface area contributed by atoms with Gasteiger partial charge >= 0.3 is 0 Å². The largest absolute Gasteiger partial charge is 0.357 e. The zero-order valence-electron chi connectivity index (χ0n) is 14.9. The highest BCUT2D eigenvalue weighted by atomic mass is 32.1. The molecule has 1 unspecified atom stereocenters. The van der Waals surface area contributed by atoms with Gasteiger partial charge in [-0.05, 0) is 57.3 Å². The summed E-state index contributed by atoms with van der Waals surface area (Å²) in [6.45, 7) is 11.3. The Kier molecular flexibility index (Phi) is 8.49. The van der Waals surface area contributed by atoms with Gasteiger partial charge in [0.25, 0.3) is 0 Å². The van der Waals surface area contributed by atoms with E-state index in [2.05, 4.69) is 68.8 Å². The average molecular weight is 325 g/mol. The maximum atomic E-state index is 4.71. The van der Waals surface area contributed by atoms with Crippen LogP contribution in [0.3, 0.4) is 0 Å². The Bertz CT molecular complexity index is 451. The SMILES string of the molecule is CCNC(=NCc1sccc1C)NCC(CC(C)C)N(C)C. The van der Waals surface area contributed by atoms with Crippen molar-refractivity contribution in [2.75, 3.05) is 27.2 Å². The first kappa shape index (κ1) is 19.0. The van der Waals surface area contributed by atoms with Crippen LogP contribution in [0, 0.1) is 12.8 Å². The van der Waals surface area contributed by atoms with Crippen molar-refractivity contribution in [3.8, 4) is 0 Å². The lowest BCUT2D eigenvalue weighted by atomic mass is 10.0. The minimum absolute atomic E-state index is 0.521. The van der Waals surface area contributed by atoms with Gasteiger partial charge in [0.1, 0.15) is 0 Å². The summed E-state index contributed by atoms with van der Waals surface area (Å²) in [5.41, 5.74) is 1.33. The molecule has 5 heteroatoms. The summed E-state index contributed by atoms with van der Waals surface area (Å²) in [7, 11) is 4.29. The molecule has 126 valence electrons. The molecule has 0 aliphatic rings. The molecular formula is C17H32N4S. The van der Waals surface area contributed by atoms with Crippen molar-refractivity contribution < 1.29 is 0 Å². The summed E-state index contributed by atoms with van der Waals surface area (Å²) in [6.07, 6.45) is 1.18. The molecule has 1 rings (SSSR count). The Hall–Kier alpha value is -1.07. The minimum Gasteiger partial charge on any atom is -0.357 e. The Morgan fingerprint density at radius 2 is 2.05 bits per heavy atom. The molecule has 0 aliphatic carbocycles. The predicted molar refractivity (Wildman–Crippen MR) is 98.8 cm³/mol. The van der Waals surface area contributed by atoms with E-state index in [0.29, 0.717) is 12.0 Å². The van der Waals surface area contributed by atoms with E-state index >= 15 is 0 Å². The van der Waals surface area contributed by atoms with Crippen LogP contribution in [-0.4, -0.2) is 44.1 Å². The smallest absolute Gasteiger partial charge is 0.191 e. The molecule has 0 spiro atoms. The number of nitrogens with zero attached hydrogens (tertiary/aromatic N) is 2. The van der Waals surface area contributed by atoms with E-state index in [0.717, 1.165) is 25.6 Å². The molecule has 0 aliphatic heterocycles. The second kappa shape index (κ2) is 9.85. The first-order valence-corrected chi connectivity index (χ1v) is 9.03. The molecule has 1 atom stereocenters. The number of rotatable bonds is 8. The first-order chi connectivity index (χ1) is 10.4. The van der Waals surface area contributed by atoms with Crippen LogP contribution in [0.15, 0.2) is 16.4 Å². The van der Waals surface area contributed by atoms with Gasteiger partial charge in [0.15, 0.2) is 5.96 Å². The van der Waals surface area contributed by atoms with Crippen LogP contribution in [-0.2, 0) is 6.54 Å². The summed E-state index contributed by atoms with van der Waals surface area (Å²) < 4.78 is 0. The molecular weight excluding hydrogens is 292 g/mol. The fourth-order valence-corrected chi connectivity index (χ4v) is 3.12. The first-order valence-electron chi connectivity index (χ1n) is 8.15. The molecule has 1 aromatic rings. The summed E-state index contributed by atoms with van der Waals surface area (Å²) >= 11 is 1.78. The molecule has 0 saturated heterocycles. The Balaban J connectivity index is 2.60. The summed E-state index contributed by atoms with van der Waals surface area (Å²) in [5, 5.41) is 8.96. The van der Waals surface area contributed by atoms with Gasteiger partial charge in [0, 0.05) is 24.0 Å². The van der Waals surface area contributed by atoms with E-state index < -0.39 is 0 Å². The summed E-state index contributed by atoms with van der Waals surface area (Å²) in [4.78, 5) is 8.34. The molecule has 0 amide bonds. The number of nitrogens with one attached hydrogen (secondary N) is 2. The molecule has 1 aromatic heterocycles. The van der Waals surface area contributed by atoms with Crippen LogP contribution in [0.4, 0.5) is 0 Å². The topological polar surface area (TPSA) is 39.7 Å². The third-order valence-electron chi connectivity index (χ3n) is 3.67. The van der Waals surface area contributed by atoms with Crippen LogP contribution < -0.4 is 10.6 Å². The number of likely N-dealkylation sites (N-methyl/N-ethyl adjacent to an activating group) is 1. The molecule has 4 nitrogen and oxygen atoms in total. The molecule has 0 radical (unpaired) electrons. The van der Waals surface area contributed by atoms with Gasteiger partial charge in [0.05, 0.1) is 6.54 Å². The van der Waals surface area contributed by atoms with E-state index in [1.165, 1.54) is 16.9 Å². The zero-order valence-corrected chi connectivity index (χ0v) is 15.8. The maximum absolute atomic E-state index is 4.71. The van der Waals surface area contributed by atoms with Crippen molar-refractivity contribution in [1.82, 2.24) is 15.5 Å². The number of aryl methyl sites for hydroxylation is 1. The highest BCUT2D eigenvalue weighted by Crippen LogP contribution is 2.16. The molecule has 0 fully saturated rings. The van der Waals surface area contributed by atoms with E-state index in [-0.39, 0.29) is 0 Å². The van der Waals surface area contributed by atoms with Crippen molar-refractivity contribution in [3.05, 3.63) is 21.9 Å². The van der Waals surface area contributed by atoms with Crippen LogP contribution in [0.25, 0.3) is 0 Å². The lowest BCUT2D eigenvalue weighted by Crippen LogP contribution is -2.45. The van der Waals surface area contributed by atoms with Crippen LogP contribution in [0.5, 0.6) is 0 Å². The highest BCUT2D eigenvalue weighted by Gasteiger charge is 2.13. The van der Waals surface area contributed by atoms with E-state index in [4.69, 9.17) is 4.99 Å². The number of hydrogen-bond donors (Lipinski definition) is 2. The van der Waals surface area contributed by atoms with Gasteiger partial charge in [-0.1, -0.05) is 13.8 Å². The maximum Gasteiger partial charge on any atom is 0.191 e. The summed E-state index contributed by atoms with van der Waals surface area (Å²) in [6, 6.07) is 2.67. The van der Waals surface area contributed by atoms with E-state index in [1.54, 1.807) is 11.3 Å². The lowest BCUT2D eigenvalue weighted by Gasteiger charge is -2.27. The second-order valence-corrected chi connectivity index (χ2v) is 7.35. The highest BCUT2D eigenvalue weighted by molar-refractivity contribution is 7.10. The third-order valence-corrected chi connectivity index (χ3v) is 4.68. The average Bonchev–Trinajstić information content (AvgIpc) is 2.85. The fraction of sp³-hybridized carbons (Fsp3) is 0.706. The molecule has 1 heterocycles. The molecule has 2 N–H and O–H groups in total. The van der Waals surface area contributed by atoms with Gasteiger partial charge in [0.2, 0.25) is 0 Å². The van der Waals surface area contributed by atoms with Gasteiger partial charge in [-0.25, -0.2) is 4.99 Å². The van der Waals surface area contributed by atoms with Crippen LogP contribution >= 0.6 is 11.3 Å². The second-order valence-electron chi connectivity index (χ2n) is 6.35. The number of guanidine groups is 1. The van der Waals surface area contributed by atoms with Gasteiger partial charge in [-0.2, -0.15) is 0 Å². The standard InChI is InChI=1S/C17H32N4S/c1-7-18-17(20-12-16-14(4)8-9-22-16)19-11-15(21(5)6)10-13(2)3/h8-9,13,15H,7,10-12H2,1-6H3,(H2,18,19,20). The zero-order chi connectivity index (χ0) is 16.5. The van der Waals surface area contributed by atoms with Crippen molar-refractivity contribution >= 4 is 17.3 Å². The quantitative estimate of drug-likeness (QED) is 0.570. The number of aliphatic imine (C=N–C) groups is 1. The van der Waals surface area contributed by atoms with Crippen molar-refractivity contribution in [3.63, 3.8) is 0 Å². The molecule has 0 saturated carbocycles. The van der Waals surface area contributed by atoms with E-state index in [1.807, 2.05) is 0 Å². The van der Waals surface area contributed by atoms with Gasteiger partial charge in [-0.3, -0.25) is 0 Å². The Morgan fingerprint density at radius 3 is 2.55 bits per heavy atom. The van der Waals surface area contributed by atoms with Gasteiger partial charge in [-0.15, -0.1) is 11.3 Å². The fourth-order valence-electron chi connectivity index (χ4n) is 2.29. The molecule has 22 heavy (non-hydrogen) atoms. The third kappa shape index (κ3) is 6.79. The lowest BCUT2D eigenvalue weighted by molar-refractivity contribution is 0.254.